The predicted octanol–water partition coefficient (Wildman–Crippen LogP) is 2.36. The maximum Gasteiger partial charge on any atom is 0.306 e. The molecule has 0 radical (unpaired) electrons. The summed E-state index contributed by atoms with van der Waals surface area (Å²) < 4.78 is 1.66. The van der Waals surface area contributed by atoms with Crippen LogP contribution in [-0.4, -0.2) is 27.4 Å². The summed E-state index contributed by atoms with van der Waals surface area (Å²) in [5.41, 5.74) is 1.92. The van der Waals surface area contributed by atoms with Crippen LogP contribution >= 0.6 is 11.6 Å². The van der Waals surface area contributed by atoms with E-state index in [4.69, 9.17) is 11.6 Å². The molecule has 2 unspecified atom stereocenters. The highest BCUT2D eigenvalue weighted by molar-refractivity contribution is 6.30. The van der Waals surface area contributed by atoms with E-state index in [0.717, 1.165) is 43.5 Å². The van der Waals surface area contributed by atoms with Crippen LogP contribution in [0.25, 0.3) is 0 Å². The summed E-state index contributed by atoms with van der Waals surface area (Å²) in [6.07, 6.45) is 3.95. The molecule has 1 saturated carbocycles. The number of rotatable bonds is 5. The first-order valence-electron chi connectivity index (χ1n) is 7.12. The molecule has 1 aliphatic carbocycles. The molecule has 1 fully saturated rings. The first kappa shape index (κ1) is 15.3. The Morgan fingerprint density at radius 2 is 2.20 bits per heavy atom. The molecule has 20 heavy (non-hydrogen) atoms. The van der Waals surface area contributed by atoms with Crippen molar-refractivity contribution in [1.29, 1.82) is 0 Å². The minimum Gasteiger partial charge on any atom is -0.481 e. The van der Waals surface area contributed by atoms with E-state index < -0.39 is 5.97 Å². The average molecular weight is 300 g/mol. The van der Waals surface area contributed by atoms with Crippen LogP contribution in [0, 0.1) is 18.8 Å². The smallest absolute Gasteiger partial charge is 0.306 e. The quantitative estimate of drug-likeness (QED) is 0.876. The van der Waals surface area contributed by atoms with Crippen molar-refractivity contribution in [3.63, 3.8) is 0 Å². The minimum atomic E-state index is -0.660. The number of hydrogen-bond acceptors (Lipinski definition) is 3. The Labute approximate surface area is 124 Å². The summed E-state index contributed by atoms with van der Waals surface area (Å²) in [5, 5.41) is 17.5. The number of nitrogens with one attached hydrogen (secondary N) is 1. The van der Waals surface area contributed by atoms with Gasteiger partial charge in [-0.15, -0.1) is 0 Å². The highest BCUT2D eigenvalue weighted by Crippen LogP contribution is 2.30. The SMILES string of the molecule is Cc1nn(C)c(Cl)c1CNCC1CCCCC1C(=O)O. The van der Waals surface area contributed by atoms with Crippen molar-refractivity contribution < 1.29 is 9.90 Å². The van der Waals surface area contributed by atoms with E-state index >= 15 is 0 Å². The van der Waals surface area contributed by atoms with Crippen LogP contribution in [0.15, 0.2) is 0 Å². The van der Waals surface area contributed by atoms with Crippen LogP contribution in [0.3, 0.4) is 0 Å². The number of halogens is 1. The average Bonchev–Trinajstić information content (AvgIpc) is 2.65. The van der Waals surface area contributed by atoms with Gasteiger partial charge in [0.2, 0.25) is 0 Å². The van der Waals surface area contributed by atoms with Crippen LogP contribution in [0.5, 0.6) is 0 Å². The molecule has 112 valence electrons. The van der Waals surface area contributed by atoms with Crippen molar-refractivity contribution in [1.82, 2.24) is 15.1 Å². The third kappa shape index (κ3) is 3.33. The molecule has 0 spiro atoms. The number of carboxylic acids is 1. The van der Waals surface area contributed by atoms with Crippen LogP contribution in [0.2, 0.25) is 5.15 Å². The molecule has 0 saturated heterocycles. The van der Waals surface area contributed by atoms with E-state index in [1.165, 1.54) is 0 Å². The normalized spacial score (nSPS) is 22.9. The first-order valence-corrected chi connectivity index (χ1v) is 7.50. The molecule has 6 heteroatoms. The van der Waals surface area contributed by atoms with Crippen molar-refractivity contribution in [2.24, 2.45) is 18.9 Å². The van der Waals surface area contributed by atoms with E-state index in [0.29, 0.717) is 11.7 Å². The lowest BCUT2D eigenvalue weighted by Gasteiger charge is -2.28. The van der Waals surface area contributed by atoms with E-state index in [1.807, 2.05) is 14.0 Å². The summed E-state index contributed by atoms with van der Waals surface area (Å²) in [6, 6.07) is 0. The van der Waals surface area contributed by atoms with Gasteiger partial charge in [-0.1, -0.05) is 24.4 Å². The third-order valence-corrected chi connectivity index (χ3v) is 4.68. The van der Waals surface area contributed by atoms with Crippen molar-refractivity contribution >= 4 is 17.6 Å². The molecule has 5 nitrogen and oxygen atoms in total. The molecule has 2 atom stereocenters. The van der Waals surface area contributed by atoms with Gasteiger partial charge >= 0.3 is 5.97 Å². The fourth-order valence-corrected chi connectivity index (χ4v) is 3.28. The maximum absolute atomic E-state index is 11.2. The number of carbonyl (C=O) groups is 1. The Kier molecular flexibility index (Phi) is 5.05. The molecular formula is C14H22ClN3O2. The Morgan fingerprint density at radius 1 is 1.50 bits per heavy atom. The van der Waals surface area contributed by atoms with Crippen LogP contribution in [0.1, 0.15) is 36.9 Å². The summed E-state index contributed by atoms with van der Waals surface area (Å²) in [4.78, 5) is 11.2. The lowest BCUT2D eigenvalue weighted by atomic mass is 9.79. The molecule has 1 heterocycles. The highest BCUT2D eigenvalue weighted by atomic mass is 35.5. The van der Waals surface area contributed by atoms with Crippen LogP contribution in [0.4, 0.5) is 0 Å². The summed E-state index contributed by atoms with van der Waals surface area (Å²) in [5.74, 6) is -0.647. The fourth-order valence-electron chi connectivity index (χ4n) is 3.03. The molecule has 0 aliphatic heterocycles. The van der Waals surface area contributed by atoms with Crippen molar-refractivity contribution in [2.45, 2.75) is 39.2 Å². The monoisotopic (exact) mass is 299 g/mol. The topological polar surface area (TPSA) is 67.2 Å². The molecule has 1 aromatic rings. The molecular weight excluding hydrogens is 278 g/mol. The van der Waals surface area contributed by atoms with E-state index in [9.17, 15) is 9.90 Å². The lowest BCUT2D eigenvalue weighted by Crippen LogP contribution is -2.34. The van der Waals surface area contributed by atoms with E-state index in [1.54, 1.807) is 4.68 Å². The number of aryl methyl sites for hydroxylation is 2. The second-order valence-corrected chi connectivity index (χ2v) is 5.96. The molecule has 1 aliphatic rings. The zero-order valence-corrected chi connectivity index (χ0v) is 12.8. The standard InChI is InChI=1S/C14H22ClN3O2/c1-9-12(13(15)18(2)17-9)8-16-7-10-5-3-4-6-11(10)14(19)20/h10-11,16H,3-8H2,1-2H3,(H,19,20). The summed E-state index contributed by atoms with van der Waals surface area (Å²) >= 11 is 6.18. The zero-order chi connectivity index (χ0) is 14.7. The first-order chi connectivity index (χ1) is 9.50. The number of hydrogen-bond donors (Lipinski definition) is 2. The summed E-state index contributed by atoms with van der Waals surface area (Å²) in [7, 11) is 1.82. The molecule has 2 rings (SSSR count). The molecule has 1 aromatic heterocycles. The second kappa shape index (κ2) is 6.59. The Morgan fingerprint density at radius 3 is 2.80 bits per heavy atom. The van der Waals surface area contributed by atoms with E-state index in [2.05, 4.69) is 10.4 Å². The zero-order valence-electron chi connectivity index (χ0n) is 12.0. The van der Waals surface area contributed by atoms with Gasteiger partial charge in [0, 0.05) is 19.2 Å². The third-order valence-electron chi connectivity index (χ3n) is 4.20. The lowest BCUT2D eigenvalue weighted by molar-refractivity contribution is -0.144. The Hall–Kier alpha value is -1.07. The van der Waals surface area contributed by atoms with Crippen molar-refractivity contribution in [3.8, 4) is 0 Å². The van der Waals surface area contributed by atoms with Gasteiger partial charge in [-0.05, 0) is 32.2 Å². The van der Waals surface area contributed by atoms with Crippen LogP contribution in [-0.2, 0) is 18.4 Å². The molecule has 0 bridgehead atoms. The van der Waals surface area contributed by atoms with Gasteiger partial charge in [-0.2, -0.15) is 5.10 Å². The maximum atomic E-state index is 11.2. The summed E-state index contributed by atoms with van der Waals surface area (Å²) in [6.45, 7) is 3.30. The predicted molar refractivity (Wildman–Crippen MR) is 77.7 cm³/mol. The van der Waals surface area contributed by atoms with Crippen molar-refractivity contribution in [3.05, 3.63) is 16.4 Å². The number of aliphatic carboxylic acids is 1. The molecule has 0 aromatic carbocycles. The van der Waals surface area contributed by atoms with Gasteiger partial charge in [-0.3, -0.25) is 9.48 Å². The van der Waals surface area contributed by atoms with Gasteiger partial charge < -0.3 is 10.4 Å². The minimum absolute atomic E-state index is 0.207. The van der Waals surface area contributed by atoms with Gasteiger partial charge in [0.25, 0.3) is 0 Å². The highest BCUT2D eigenvalue weighted by Gasteiger charge is 2.30. The van der Waals surface area contributed by atoms with Gasteiger partial charge in [0.15, 0.2) is 0 Å². The van der Waals surface area contributed by atoms with Gasteiger partial charge in [-0.25, -0.2) is 0 Å². The van der Waals surface area contributed by atoms with Crippen molar-refractivity contribution in [2.75, 3.05) is 6.54 Å². The van der Waals surface area contributed by atoms with Gasteiger partial charge in [0.05, 0.1) is 11.6 Å². The van der Waals surface area contributed by atoms with E-state index in [-0.39, 0.29) is 11.8 Å². The largest absolute Gasteiger partial charge is 0.481 e. The van der Waals surface area contributed by atoms with Crippen LogP contribution < -0.4 is 5.32 Å². The Balaban J connectivity index is 1.90. The number of aromatic nitrogens is 2. The van der Waals surface area contributed by atoms with Gasteiger partial charge in [0.1, 0.15) is 5.15 Å². The molecule has 0 amide bonds. The second-order valence-electron chi connectivity index (χ2n) is 5.60. The fraction of sp³-hybridized carbons (Fsp3) is 0.714. The Bertz CT molecular complexity index is 487. The molecule has 2 N–H and O–H groups in total. The number of carboxylic acid groups (broad SMARTS) is 1. The number of nitrogens with zero attached hydrogens (tertiary/aromatic N) is 2.